The standard InChI is InChI=1S/C13H18N4O3/c18-12(19)7-14-4-10-2-1-3-17(8-10)13(20)11-5-15-9-16-6-11/h5-6,9-10,14H,1-4,7-8H2,(H,18,19). The van der Waals surface area contributed by atoms with E-state index in [-0.39, 0.29) is 18.4 Å². The number of amides is 1. The van der Waals surface area contributed by atoms with Crippen LogP contribution < -0.4 is 5.32 Å². The van der Waals surface area contributed by atoms with Gasteiger partial charge in [-0.05, 0) is 18.8 Å². The Kier molecular flexibility index (Phi) is 5.00. The van der Waals surface area contributed by atoms with Crippen LogP contribution in [0.2, 0.25) is 0 Å². The third-order valence-electron chi connectivity index (χ3n) is 3.32. The van der Waals surface area contributed by atoms with Gasteiger partial charge in [0.2, 0.25) is 0 Å². The van der Waals surface area contributed by atoms with E-state index in [2.05, 4.69) is 15.3 Å². The molecule has 0 radical (unpaired) electrons. The minimum absolute atomic E-state index is 0.0447. The fourth-order valence-electron chi connectivity index (χ4n) is 2.39. The average Bonchev–Trinajstić information content (AvgIpc) is 2.47. The fourth-order valence-corrected chi connectivity index (χ4v) is 2.39. The summed E-state index contributed by atoms with van der Waals surface area (Å²) < 4.78 is 0. The van der Waals surface area contributed by atoms with E-state index in [9.17, 15) is 9.59 Å². The molecule has 1 unspecified atom stereocenters. The Hall–Kier alpha value is -2.02. The molecule has 1 aliphatic rings. The SMILES string of the molecule is O=C(O)CNCC1CCCN(C(=O)c2cncnc2)C1. The van der Waals surface area contributed by atoms with Gasteiger partial charge in [0.25, 0.3) is 5.91 Å². The van der Waals surface area contributed by atoms with Crippen molar-refractivity contribution in [2.45, 2.75) is 12.8 Å². The number of hydrogen-bond acceptors (Lipinski definition) is 5. The first kappa shape index (κ1) is 14.4. The molecule has 0 spiro atoms. The maximum absolute atomic E-state index is 12.3. The zero-order valence-corrected chi connectivity index (χ0v) is 11.2. The van der Waals surface area contributed by atoms with Crippen LogP contribution >= 0.6 is 0 Å². The Morgan fingerprint density at radius 1 is 1.40 bits per heavy atom. The third-order valence-corrected chi connectivity index (χ3v) is 3.32. The second-order valence-corrected chi connectivity index (χ2v) is 4.91. The summed E-state index contributed by atoms with van der Waals surface area (Å²) in [6.07, 6.45) is 6.36. The van der Waals surface area contributed by atoms with Crippen LogP contribution in [0.25, 0.3) is 0 Å². The summed E-state index contributed by atoms with van der Waals surface area (Å²) in [7, 11) is 0. The van der Waals surface area contributed by atoms with Crippen LogP contribution in [0.15, 0.2) is 18.7 Å². The molecule has 1 aliphatic heterocycles. The molecule has 1 fully saturated rings. The molecule has 7 heteroatoms. The van der Waals surface area contributed by atoms with Gasteiger partial charge in [0.1, 0.15) is 6.33 Å². The minimum Gasteiger partial charge on any atom is -0.480 e. The number of carbonyl (C=O) groups excluding carboxylic acids is 1. The van der Waals surface area contributed by atoms with Gasteiger partial charge in [0.15, 0.2) is 0 Å². The van der Waals surface area contributed by atoms with E-state index in [4.69, 9.17) is 5.11 Å². The maximum Gasteiger partial charge on any atom is 0.317 e. The molecule has 0 aliphatic carbocycles. The molecule has 2 heterocycles. The zero-order valence-electron chi connectivity index (χ0n) is 11.2. The van der Waals surface area contributed by atoms with Gasteiger partial charge in [-0.1, -0.05) is 0 Å². The summed E-state index contributed by atoms with van der Waals surface area (Å²) in [5, 5.41) is 11.5. The van der Waals surface area contributed by atoms with Crippen molar-refractivity contribution in [3.8, 4) is 0 Å². The molecule has 20 heavy (non-hydrogen) atoms. The van der Waals surface area contributed by atoms with E-state index in [1.807, 2.05) is 0 Å². The number of aliphatic carboxylic acids is 1. The van der Waals surface area contributed by atoms with Gasteiger partial charge in [-0.25, -0.2) is 9.97 Å². The topological polar surface area (TPSA) is 95.4 Å². The molecule has 0 bridgehead atoms. The van der Waals surface area contributed by atoms with E-state index >= 15 is 0 Å². The second-order valence-electron chi connectivity index (χ2n) is 4.91. The summed E-state index contributed by atoms with van der Waals surface area (Å²) in [6, 6.07) is 0. The van der Waals surface area contributed by atoms with Crippen molar-refractivity contribution in [1.82, 2.24) is 20.2 Å². The number of rotatable bonds is 5. The molecule has 1 amide bonds. The summed E-state index contributed by atoms with van der Waals surface area (Å²) in [5.41, 5.74) is 0.492. The van der Waals surface area contributed by atoms with Crippen LogP contribution in [0, 0.1) is 5.92 Å². The van der Waals surface area contributed by atoms with Crippen LogP contribution in [-0.4, -0.2) is 58.0 Å². The number of hydrogen-bond donors (Lipinski definition) is 2. The molecule has 1 atom stereocenters. The number of carboxylic acid groups (broad SMARTS) is 1. The Morgan fingerprint density at radius 2 is 2.15 bits per heavy atom. The van der Waals surface area contributed by atoms with Crippen LogP contribution in [0.3, 0.4) is 0 Å². The quantitative estimate of drug-likeness (QED) is 0.787. The van der Waals surface area contributed by atoms with E-state index < -0.39 is 5.97 Å². The number of nitrogens with one attached hydrogen (secondary N) is 1. The summed E-state index contributed by atoms with van der Waals surface area (Å²) in [5.74, 6) is -0.639. The number of nitrogens with zero attached hydrogens (tertiary/aromatic N) is 3. The van der Waals surface area contributed by atoms with E-state index in [1.54, 1.807) is 4.90 Å². The summed E-state index contributed by atoms with van der Waals surface area (Å²) in [6.45, 7) is 1.93. The molecule has 2 rings (SSSR count). The first-order valence-electron chi connectivity index (χ1n) is 6.63. The van der Waals surface area contributed by atoms with Gasteiger partial charge < -0.3 is 15.3 Å². The molecule has 0 saturated carbocycles. The zero-order chi connectivity index (χ0) is 14.4. The van der Waals surface area contributed by atoms with Crippen molar-refractivity contribution >= 4 is 11.9 Å². The fraction of sp³-hybridized carbons (Fsp3) is 0.538. The summed E-state index contributed by atoms with van der Waals surface area (Å²) in [4.78, 5) is 32.2. The van der Waals surface area contributed by atoms with Gasteiger partial charge in [0.05, 0.1) is 12.1 Å². The smallest absolute Gasteiger partial charge is 0.317 e. The normalized spacial score (nSPS) is 18.8. The molecule has 1 saturated heterocycles. The Morgan fingerprint density at radius 3 is 2.85 bits per heavy atom. The first-order valence-corrected chi connectivity index (χ1v) is 6.63. The number of likely N-dealkylation sites (tertiary alicyclic amines) is 1. The highest BCUT2D eigenvalue weighted by atomic mass is 16.4. The van der Waals surface area contributed by atoms with Gasteiger partial charge >= 0.3 is 5.97 Å². The maximum atomic E-state index is 12.3. The van der Waals surface area contributed by atoms with Crippen LogP contribution in [0.1, 0.15) is 23.2 Å². The lowest BCUT2D eigenvalue weighted by Gasteiger charge is -2.32. The van der Waals surface area contributed by atoms with Crippen LogP contribution in [0.5, 0.6) is 0 Å². The van der Waals surface area contributed by atoms with Crippen molar-refractivity contribution in [3.05, 3.63) is 24.3 Å². The largest absolute Gasteiger partial charge is 0.480 e. The number of aromatic nitrogens is 2. The van der Waals surface area contributed by atoms with Gasteiger partial charge in [-0.2, -0.15) is 0 Å². The molecule has 1 aromatic heterocycles. The lowest BCUT2D eigenvalue weighted by atomic mass is 9.97. The average molecular weight is 278 g/mol. The van der Waals surface area contributed by atoms with Crippen molar-refractivity contribution in [2.24, 2.45) is 5.92 Å². The van der Waals surface area contributed by atoms with E-state index in [0.717, 1.165) is 19.4 Å². The van der Waals surface area contributed by atoms with Crippen LogP contribution in [-0.2, 0) is 4.79 Å². The number of carboxylic acids is 1. The lowest BCUT2D eigenvalue weighted by Crippen LogP contribution is -2.43. The van der Waals surface area contributed by atoms with E-state index in [0.29, 0.717) is 18.7 Å². The number of carbonyl (C=O) groups is 2. The van der Waals surface area contributed by atoms with Gasteiger partial charge in [-0.3, -0.25) is 9.59 Å². The van der Waals surface area contributed by atoms with Crippen molar-refractivity contribution in [3.63, 3.8) is 0 Å². The monoisotopic (exact) mass is 278 g/mol. The molecule has 108 valence electrons. The Labute approximate surface area is 117 Å². The predicted molar refractivity (Wildman–Crippen MR) is 71.2 cm³/mol. The van der Waals surface area contributed by atoms with E-state index in [1.165, 1.54) is 18.7 Å². The van der Waals surface area contributed by atoms with Gasteiger partial charge in [-0.15, -0.1) is 0 Å². The molecule has 1 aromatic rings. The Bertz CT molecular complexity index is 466. The first-order chi connectivity index (χ1) is 9.66. The van der Waals surface area contributed by atoms with Crippen molar-refractivity contribution < 1.29 is 14.7 Å². The highest BCUT2D eigenvalue weighted by Gasteiger charge is 2.24. The van der Waals surface area contributed by atoms with Crippen molar-refractivity contribution in [2.75, 3.05) is 26.2 Å². The predicted octanol–water partition coefficient (Wildman–Crippen LogP) is 0.00300. The summed E-state index contributed by atoms with van der Waals surface area (Å²) >= 11 is 0. The lowest BCUT2D eigenvalue weighted by molar-refractivity contribution is -0.136. The highest BCUT2D eigenvalue weighted by molar-refractivity contribution is 5.93. The van der Waals surface area contributed by atoms with Crippen LogP contribution in [0.4, 0.5) is 0 Å². The molecular formula is C13H18N4O3. The molecule has 0 aromatic carbocycles. The molecular weight excluding hydrogens is 260 g/mol. The minimum atomic E-state index is -0.866. The third kappa shape index (κ3) is 3.99. The second kappa shape index (κ2) is 6.95. The molecule has 2 N–H and O–H groups in total. The number of piperidine rings is 1. The highest BCUT2D eigenvalue weighted by Crippen LogP contribution is 2.17. The molecule has 7 nitrogen and oxygen atoms in total. The van der Waals surface area contributed by atoms with Crippen molar-refractivity contribution in [1.29, 1.82) is 0 Å². The Balaban J connectivity index is 1.87. The van der Waals surface area contributed by atoms with Gasteiger partial charge in [0, 0.05) is 32.0 Å².